The van der Waals surface area contributed by atoms with Gasteiger partial charge in [0.05, 0.1) is 0 Å². The predicted octanol–water partition coefficient (Wildman–Crippen LogP) is 0.982. The van der Waals surface area contributed by atoms with Crippen LogP contribution in [0.15, 0.2) is 0 Å². The molecule has 0 aliphatic heterocycles. The van der Waals surface area contributed by atoms with Crippen LogP contribution in [0.3, 0.4) is 0 Å². The van der Waals surface area contributed by atoms with Crippen molar-refractivity contribution in [3.63, 3.8) is 0 Å². The van der Waals surface area contributed by atoms with E-state index >= 15 is 0 Å². The largest absolute Gasteiger partial charge is 0.377 e. The van der Waals surface area contributed by atoms with Crippen molar-refractivity contribution in [3.8, 4) is 0 Å². The molecule has 0 spiro atoms. The number of rotatable bonds is 2. The van der Waals surface area contributed by atoms with E-state index in [2.05, 4.69) is 6.92 Å². The molecule has 1 atom stereocenters. The molecule has 1 nitrogen and oxygen atoms in total. The van der Waals surface area contributed by atoms with Crippen molar-refractivity contribution in [3.05, 3.63) is 0 Å². The van der Waals surface area contributed by atoms with Gasteiger partial charge in [0, 0.05) is 8.81 Å². The summed E-state index contributed by atoms with van der Waals surface area (Å²) in [5.74, 6) is 0. The second kappa shape index (κ2) is 4.39. The maximum atomic E-state index is 8.09. The molecule has 5 heavy (non-hydrogen) atoms. The fourth-order valence-corrected chi connectivity index (χ4v) is 0.335. The third-order valence-corrected chi connectivity index (χ3v) is 1.09. The molecule has 0 aromatic heterocycles. The summed E-state index contributed by atoms with van der Waals surface area (Å²) in [6, 6.07) is 0. The van der Waals surface area contributed by atoms with Gasteiger partial charge in [-0.1, -0.05) is 13.3 Å². The Balaban J connectivity index is 2.19. The first kappa shape index (κ1) is 5.39. The minimum atomic E-state index is 0.158. The predicted molar refractivity (Wildman–Crippen MR) is 25.7 cm³/mol. The summed E-state index contributed by atoms with van der Waals surface area (Å²) < 4.78 is 0. The van der Waals surface area contributed by atoms with Crippen molar-refractivity contribution >= 4 is 8.81 Å². The zero-order chi connectivity index (χ0) is 4.12. The van der Waals surface area contributed by atoms with Crippen molar-refractivity contribution in [1.29, 1.82) is 0 Å². The van der Waals surface area contributed by atoms with Crippen LogP contribution < -0.4 is 0 Å². The highest BCUT2D eigenvalue weighted by Gasteiger charge is 1.69. The van der Waals surface area contributed by atoms with Gasteiger partial charge in [0.25, 0.3) is 0 Å². The van der Waals surface area contributed by atoms with E-state index in [0.717, 1.165) is 12.6 Å². The lowest BCUT2D eigenvalue weighted by atomic mass is 10.6. The standard InChI is InChI=1S/C3H9OP/c1-2-3-5-4/h4-5H,2-3H2,1H3. The van der Waals surface area contributed by atoms with Crippen LogP contribution in [-0.4, -0.2) is 11.1 Å². The van der Waals surface area contributed by atoms with Crippen molar-refractivity contribution in [2.75, 3.05) is 6.16 Å². The first-order valence-electron chi connectivity index (χ1n) is 1.78. The average Bonchev–Trinajstić information content (AvgIpc) is 1.41. The first-order valence-corrected chi connectivity index (χ1v) is 2.94. The second-order valence-corrected chi connectivity index (χ2v) is 1.72. The molecule has 0 bridgehead atoms. The zero-order valence-corrected chi connectivity index (χ0v) is 4.36. The molecule has 32 valence electrons. The van der Waals surface area contributed by atoms with Crippen LogP contribution in [-0.2, 0) is 0 Å². The average molecular weight is 92.1 g/mol. The number of hydrogen-bond donors (Lipinski definition) is 1. The Hall–Kier alpha value is 0.390. The fourth-order valence-electron chi connectivity index (χ4n) is 0.112. The van der Waals surface area contributed by atoms with Gasteiger partial charge >= 0.3 is 0 Å². The second-order valence-electron chi connectivity index (χ2n) is 0.908. The lowest BCUT2D eigenvalue weighted by Crippen LogP contribution is -1.62. The van der Waals surface area contributed by atoms with Crippen LogP contribution in [0, 0.1) is 0 Å². The van der Waals surface area contributed by atoms with Gasteiger partial charge in [0.1, 0.15) is 0 Å². The highest BCUT2D eigenvalue weighted by atomic mass is 31.1. The van der Waals surface area contributed by atoms with E-state index < -0.39 is 0 Å². The van der Waals surface area contributed by atoms with Crippen LogP contribution in [0.4, 0.5) is 0 Å². The Morgan fingerprint density at radius 3 is 2.40 bits per heavy atom. The maximum absolute atomic E-state index is 8.09. The van der Waals surface area contributed by atoms with E-state index in [9.17, 15) is 0 Å². The summed E-state index contributed by atoms with van der Waals surface area (Å²) in [6.07, 6.45) is 2.08. The number of hydrogen-bond acceptors (Lipinski definition) is 1. The van der Waals surface area contributed by atoms with E-state index in [0.29, 0.717) is 0 Å². The van der Waals surface area contributed by atoms with Crippen LogP contribution in [0.25, 0.3) is 0 Å². The quantitative estimate of drug-likeness (QED) is 0.503. The van der Waals surface area contributed by atoms with E-state index in [1.165, 1.54) is 0 Å². The van der Waals surface area contributed by atoms with Crippen molar-refractivity contribution in [2.45, 2.75) is 13.3 Å². The van der Waals surface area contributed by atoms with Gasteiger partial charge in [-0.25, -0.2) is 0 Å². The van der Waals surface area contributed by atoms with Gasteiger partial charge in [-0.3, -0.25) is 0 Å². The monoisotopic (exact) mass is 92.0 g/mol. The Kier molecular flexibility index (Phi) is 4.73. The third-order valence-electron chi connectivity index (χ3n) is 0.362. The summed E-state index contributed by atoms with van der Waals surface area (Å²) in [7, 11) is 0.158. The molecule has 0 saturated carbocycles. The van der Waals surface area contributed by atoms with Gasteiger partial charge in [0.2, 0.25) is 0 Å². The normalized spacial score (nSPS) is 10.8. The molecule has 0 fully saturated rings. The van der Waals surface area contributed by atoms with E-state index in [1.807, 2.05) is 0 Å². The van der Waals surface area contributed by atoms with Gasteiger partial charge < -0.3 is 4.89 Å². The lowest BCUT2D eigenvalue weighted by molar-refractivity contribution is 0.643. The zero-order valence-electron chi connectivity index (χ0n) is 3.36. The SMILES string of the molecule is CCCPO. The Labute approximate surface area is 34.3 Å². The van der Waals surface area contributed by atoms with Crippen LogP contribution in [0.2, 0.25) is 0 Å². The van der Waals surface area contributed by atoms with E-state index in [1.54, 1.807) is 0 Å². The van der Waals surface area contributed by atoms with Gasteiger partial charge in [-0.2, -0.15) is 0 Å². The molecule has 0 heterocycles. The minimum absolute atomic E-state index is 0.158. The van der Waals surface area contributed by atoms with Crippen molar-refractivity contribution in [1.82, 2.24) is 0 Å². The first-order chi connectivity index (χ1) is 2.41. The maximum Gasteiger partial charge on any atom is 0.0107 e. The fraction of sp³-hybridized carbons (Fsp3) is 1.00. The molecule has 0 aromatic carbocycles. The molecule has 0 aliphatic carbocycles. The van der Waals surface area contributed by atoms with Crippen LogP contribution in [0.5, 0.6) is 0 Å². The smallest absolute Gasteiger partial charge is 0.0107 e. The molecule has 0 amide bonds. The van der Waals surface area contributed by atoms with Gasteiger partial charge in [0.15, 0.2) is 0 Å². The van der Waals surface area contributed by atoms with Crippen molar-refractivity contribution < 1.29 is 4.89 Å². The third kappa shape index (κ3) is 4.39. The molecule has 1 unspecified atom stereocenters. The minimum Gasteiger partial charge on any atom is -0.377 e. The molecule has 0 aliphatic rings. The molecule has 0 saturated heterocycles. The Morgan fingerprint density at radius 1 is 1.80 bits per heavy atom. The van der Waals surface area contributed by atoms with Crippen molar-refractivity contribution in [2.24, 2.45) is 0 Å². The van der Waals surface area contributed by atoms with E-state index in [-0.39, 0.29) is 8.81 Å². The topological polar surface area (TPSA) is 20.2 Å². The molecular weight excluding hydrogens is 83.0 g/mol. The molecule has 0 rings (SSSR count). The summed E-state index contributed by atoms with van der Waals surface area (Å²) >= 11 is 0. The lowest BCUT2D eigenvalue weighted by Gasteiger charge is -1.79. The Morgan fingerprint density at radius 2 is 2.40 bits per heavy atom. The summed E-state index contributed by atoms with van der Waals surface area (Å²) in [4.78, 5) is 8.09. The highest BCUT2D eigenvalue weighted by Crippen LogP contribution is 2.00. The van der Waals surface area contributed by atoms with Crippen LogP contribution in [0.1, 0.15) is 13.3 Å². The van der Waals surface area contributed by atoms with E-state index in [4.69, 9.17) is 4.89 Å². The molecule has 0 radical (unpaired) electrons. The summed E-state index contributed by atoms with van der Waals surface area (Å²) in [6.45, 7) is 2.06. The van der Waals surface area contributed by atoms with Gasteiger partial charge in [-0.15, -0.1) is 0 Å². The Bertz CT molecular complexity index is 14.4. The molecule has 2 heteroatoms. The summed E-state index contributed by atoms with van der Waals surface area (Å²) in [5, 5.41) is 0. The van der Waals surface area contributed by atoms with Gasteiger partial charge in [-0.05, 0) is 6.16 Å². The molecule has 1 N–H and O–H groups in total. The summed E-state index contributed by atoms with van der Waals surface area (Å²) in [5.41, 5.74) is 0. The highest BCUT2D eigenvalue weighted by molar-refractivity contribution is 7.31. The van der Waals surface area contributed by atoms with Crippen LogP contribution >= 0.6 is 8.81 Å². The molecule has 0 aromatic rings. The molecular formula is C3H9OP.